The van der Waals surface area contributed by atoms with E-state index in [1.807, 2.05) is 13.8 Å². The van der Waals surface area contributed by atoms with Gasteiger partial charge in [0.25, 0.3) is 0 Å². The number of methoxy groups -OCH3 is 1. The molecule has 0 aliphatic rings. The second kappa shape index (κ2) is 9.26. The molecule has 0 N–H and O–H groups in total. The predicted molar refractivity (Wildman–Crippen MR) is 91.2 cm³/mol. The quantitative estimate of drug-likeness (QED) is 0.413. The number of alkyl halides is 3. The lowest BCUT2D eigenvalue weighted by Crippen LogP contribution is -2.27. The maximum atomic E-state index is 12.2. The molecule has 0 fully saturated rings. The molecule has 2 aromatic rings. The second-order valence-electron chi connectivity index (χ2n) is 4.57. The van der Waals surface area contributed by atoms with E-state index in [0.29, 0.717) is 11.3 Å². The number of hydrogen-bond donors (Lipinski definition) is 0. The Morgan fingerprint density at radius 1 is 0.852 bits per heavy atom. The van der Waals surface area contributed by atoms with Crippen molar-refractivity contribution in [3.8, 4) is 17.2 Å². The van der Waals surface area contributed by atoms with Crippen molar-refractivity contribution in [1.82, 2.24) is 0 Å². The van der Waals surface area contributed by atoms with Gasteiger partial charge in [-0.25, -0.2) is 4.79 Å². The molecule has 0 heterocycles. The predicted octanol–water partition coefficient (Wildman–Crippen LogP) is 4.52. The molecule has 148 valence electrons. The van der Waals surface area contributed by atoms with Gasteiger partial charge in [-0.05, 0) is 48.5 Å². The van der Waals surface area contributed by atoms with Crippen molar-refractivity contribution >= 4 is 16.1 Å². The highest BCUT2D eigenvalue weighted by Crippen LogP contribution is 2.29. The van der Waals surface area contributed by atoms with Crippen molar-refractivity contribution < 1.29 is 40.0 Å². The second-order valence-corrected chi connectivity index (χ2v) is 6.11. The molecular weight excluding hydrogens is 389 g/mol. The van der Waals surface area contributed by atoms with E-state index in [2.05, 4.69) is 8.92 Å². The van der Waals surface area contributed by atoms with Gasteiger partial charge in [-0.1, -0.05) is 13.8 Å². The fourth-order valence-electron chi connectivity index (χ4n) is 1.65. The van der Waals surface area contributed by atoms with E-state index in [-0.39, 0.29) is 5.75 Å². The number of benzene rings is 2. The van der Waals surface area contributed by atoms with Gasteiger partial charge >= 0.3 is 21.6 Å². The summed E-state index contributed by atoms with van der Waals surface area (Å²) < 4.78 is 72.4. The highest BCUT2D eigenvalue weighted by molar-refractivity contribution is 7.88. The van der Waals surface area contributed by atoms with E-state index >= 15 is 0 Å². The molecule has 0 saturated carbocycles. The number of rotatable bonds is 5. The van der Waals surface area contributed by atoms with Crippen LogP contribution in [0.1, 0.15) is 24.2 Å². The van der Waals surface area contributed by atoms with Crippen LogP contribution in [0.4, 0.5) is 13.2 Å². The Labute approximate surface area is 154 Å². The van der Waals surface area contributed by atoms with Gasteiger partial charge in [-0.2, -0.15) is 21.6 Å². The Morgan fingerprint density at radius 3 is 1.67 bits per heavy atom. The summed E-state index contributed by atoms with van der Waals surface area (Å²) in [5.41, 5.74) is -5.19. The van der Waals surface area contributed by atoms with Crippen molar-refractivity contribution in [2.24, 2.45) is 0 Å². The van der Waals surface area contributed by atoms with Gasteiger partial charge < -0.3 is 13.7 Å². The topological polar surface area (TPSA) is 78.9 Å². The van der Waals surface area contributed by atoms with Crippen molar-refractivity contribution in [2.45, 2.75) is 19.4 Å². The molecule has 0 aromatic heterocycles. The smallest absolute Gasteiger partial charge is 0.465 e. The minimum Gasteiger partial charge on any atom is -0.465 e. The van der Waals surface area contributed by atoms with Crippen molar-refractivity contribution in [3.63, 3.8) is 0 Å². The van der Waals surface area contributed by atoms with Crippen LogP contribution in [0.15, 0.2) is 48.5 Å². The van der Waals surface area contributed by atoms with E-state index in [1.54, 1.807) is 0 Å². The Morgan fingerprint density at radius 2 is 1.26 bits per heavy atom. The third-order valence-corrected chi connectivity index (χ3v) is 3.80. The summed E-state index contributed by atoms with van der Waals surface area (Å²) in [5.74, 6) is -0.448. The van der Waals surface area contributed by atoms with Crippen LogP contribution in [0.2, 0.25) is 0 Å². The molecule has 0 aliphatic carbocycles. The molecule has 0 atom stereocenters. The molecular formula is C17H17F3O6S. The number of hydrogen-bond acceptors (Lipinski definition) is 6. The fraction of sp³-hybridized carbons (Fsp3) is 0.235. The van der Waals surface area contributed by atoms with Gasteiger partial charge in [0.05, 0.1) is 12.7 Å². The van der Waals surface area contributed by atoms with Gasteiger partial charge in [0.1, 0.15) is 17.2 Å². The minimum atomic E-state index is -5.72. The summed E-state index contributed by atoms with van der Waals surface area (Å²) >= 11 is 0. The normalized spacial score (nSPS) is 11.0. The van der Waals surface area contributed by atoms with Crippen LogP contribution in [0.25, 0.3) is 0 Å². The van der Waals surface area contributed by atoms with Gasteiger partial charge in [0.2, 0.25) is 0 Å². The molecule has 10 heteroatoms. The molecule has 27 heavy (non-hydrogen) atoms. The van der Waals surface area contributed by atoms with Crippen molar-refractivity contribution in [1.29, 1.82) is 0 Å². The lowest BCUT2D eigenvalue weighted by Gasteiger charge is -2.10. The summed E-state index contributed by atoms with van der Waals surface area (Å²) in [6.45, 7) is 4.00. The third kappa shape index (κ3) is 6.17. The van der Waals surface area contributed by atoms with E-state index in [0.717, 1.165) is 12.1 Å². The van der Waals surface area contributed by atoms with Crippen molar-refractivity contribution in [3.05, 3.63) is 54.1 Å². The molecule has 0 spiro atoms. The maximum Gasteiger partial charge on any atom is 0.534 e. The van der Waals surface area contributed by atoms with Gasteiger partial charge in [-0.15, -0.1) is 0 Å². The molecule has 0 amide bonds. The highest BCUT2D eigenvalue weighted by atomic mass is 32.2. The molecule has 0 bridgehead atoms. The minimum absolute atomic E-state index is 0.225. The molecule has 6 nitrogen and oxygen atoms in total. The monoisotopic (exact) mass is 406 g/mol. The summed E-state index contributed by atoms with van der Waals surface area (Å²) in [6.07, 6.45) is 0. The van der Waals surface area contributed by atoms with Crippen LogP contribution >= 0.6 is 0 Å². The third-order valence-electron chi connectivity index (χ3n) is 2.82. The zero-order valence-corrected chi connectivity index (χ0v) is 15.4. The lowest BCUT2D eigenvalue weighted by atomic mass is 10.2. The molecule has 0 unspecified atom stereocenters. The number of carbonyl (C=O) groups excluding carboxylic acids is 1. The zero-order valence-electron chi connectivity index (χ0n) is 14.6. The Kier molecular flexibility index (Phi) is 7.65. The van der Waals surface area contributed by atoms with Gasteiger partial charge in [0.15, 0.2) is 0 Å². The first-order chi connectivity index (χ1) is 12.6. The number of carbonyl (C=O) groups is 1. The van der Waals surface area contributed by atoms with Crippen LogP contribution in [-0.4, -0.2) is 27.0 Å². The van der Waals surface area contributed by atoms with Crippen LogP contribution in [0.3, 0.4) is 0 Å². The Hall–Kier alpha value is -2.75. The first-order valence-electron chi connectivity index (χ1n) is 7.59. The summed E-state index contributed by atoms with van der Waals surface area (Å²) in [6, 6.07) is 10.4. The first-order valence-corrected chi connectivity index (χ1v) is 9.00. The molecule has 2 rings (SSSR count). The highest BCUT2D eigenvalue weighted by Gasteiger charge is 2.48. The van der Waals surface area contributed by atoms with Gasteiger partial charge in [0, 0.05) is 0 Å². The summed E-state index contributed by atoms with van der Waals surface area (Å²) in [7, 11) is -4.48. The van der Waals surface area contributed by atoms with Crippen LogP contribution in [0.5, 0.6) is 17.2 Å². The number of halogens is 3. The molecule has 0 saturated heterocycles. The summed E-state index contributed by atoms with van der Waals surface area (Å²) in [4.78, 5) is 11.3. The SMILES string of the molecule is CC.COC(=O)c1ccc(Oc2ccc(OS(=O)(=O)C(F)(F)F)cc2)cc1. The van der Waals surface area contributed by atoms with E-state index in [9.17, 15) is 26.4 Å². The van der Waals surface area contributed by atoms with Crippen LogP contribution < -0.4 is 8.92 Å². The molecule has 0 aliphatic heterocycles. The fourth-order valence-corrected chi connectivity index (χ4v) is 2.11. The zero-order chi connectivity index (χ0) is 20.7. The first kappa shape index (κ1) is 22.3. The van der Waals surface area contributed by atoms with E-state index in [4.69, 9.17) is 4.74 Å². The molecule has 0 radical (unpaired) electrons. The van der Waals surface area contributed by atoms with Crippen molar-refractivity contribution in [2.75, 3.05) is 7.11 Å². The van der Waals surface area contributed by atoms with Gasteiger partial charge in [-0.3, -0.25) is 0 Å². The average Bonchev–Trinajstić information content (AvgIpc) is 2.64. The maximum absolute atomic E-state index is 12.2. The lowest BCUT2D eigenvalue weighted by molar-refractivity contribution is -0.0500. The van der Waals surface area contributed by atoms with E-state index < -0.39 is 27.3 Å². The average molecular weight is 406 g/mol. The van der Waals surface area contributed by atoms with Crippen LogP contribution in [-0.2, 0) is 14.9 Å². The summed E-state index contributed by atoms with van der Waals surface area (Å²) in [5, 5.41) is 0. The number of esters is 1. The standard InChI is InChI=1S/C15H11F3O6S.C2H6/c1-22-14(19)10-2-4-11(5-3-10)23-12-6-8-13(9-7-12)24-25(20,21)15(16,17)18;1-2/h2-9H,1H3;1-2H3. The number of ether oxygens (including phenoxy) is 2. The largest absolute Gasteiger partial charge is 0.534 e. The Bertz CT molecular complexity index is 844. The van der Waals surface area contributed by atoms with Crippen LogP contribution in [0, 0.1) is 0 Å². The van der Waals surface area contributed by atoms with E-state index in [1.165, 1.54) is 43.5 Å². The molecule has 2 aromatic carbocycles. The Balaban J connectivity index is 0.00000176.